The van der Waals surface area contributed by atoms with E-state index in [1.807, 2.05) is 36.9 Å². The minimum Gasteiger partial charge on any atom is -0.487 e. The maximum absolute atomic E-state index is 4.68. The van der Waals surface area contributed by atoms with Crippen LogP contribution in [0.2, 0.25) is 13.1 Å². The molecule has 196 valence electrons. The van der Waals surface area contributed by atoms with Crippen LogP contribution in [0, 0.1) is 18.8 Å². The van der Waals surface area contributed by atoms with Crippen molar-refractivity contribution in [2.45, 2.75) is 13.1 Å². The monoisotopic (exact) mass is 704 g/mol. The molecule has 0 N–H and O–H groups in total. The molecule has 1 aliphatic rings. The predicted octanol–water partition coefficient (Wildman–Crippen LogP) is 5.10. The summed E-state index contributed by atoms with van der Waals surface area (Å²) in [4.78, 5) is 17.8. The fraction of sp³-hybridized carbons (Fsp3) is 0.0968. The number of benzene rings is 3. The first-order valence-corrected chi connectivity index (χ1v) is 15.6. The van der Waals surface area contributed by atoms with E-state index in [4.69, 9.17) is 0 Å². The van der Waals surface area contributed by atoms with Crippen LogP contribution >= 0.6 is 0 Å². The summed E-state index contributed by atoms with van der Waals surface area (Å²) in [6, 6.07) is 33.0. The van der Waals surface area contributed by atoms with E-state index < -0.39 is 8.07 Å². The Morgan fingerprint density at radius 2 is 1.49 bits per heavy atom. The Hall–Kier alpha value is -3.80. The van der Waals surface area contributed by atoms with Crippen LogP contribution in [-0.2, 0) is 21.1 Å². The Morgan fingerprint density at radius 3 is 2.31 bits per heavy atom. The first kappa shape index (κ1) is 25.5. The molecule has 0 saturated carbocycles. The summed E-state index contributed by atoms with van der Waals surface area (Å²) in [6.07, 6.45) is 5.29. The topological polar surface area (TPSA) is 50.1 Å². The van der Waals surface area contributed by atoms with Gasteiger partial charge in [-0.1, -0.05) is 42.9 Å². The van der Waals surface area contributed by atoms with Gasteiger partial charge in [-0.05, 0) is 30.6 Å². The first-order valence-electron chi connectivity index (χ1n) is 12.6. The van der Waals surface area contributed by atoms with Crippen LogP contribution in [0.4, 0.5) is 17.3 Å². The minimum absolute atomic E-state index is 0. The van der Waals surface area contributed by atoms with Gasteiger partial charge in [0.2, 0.25) is 0 Å². The summed E-state index contributed by atoms with van der Waals surface area (Å²) in [7, 11) is -0.185. The van der Waals surface area contributed by atoms with E-state index in [1.54, 1.807) is 12.4 Å². The number of fused-ring (bicyclic) bond motifs is 4. The van der Waals surface area contributed by atoms with Crippen LogP contribution in [0.5, 0.6) is 0 Å². The molecule has 3 aromatic carbocycles. The van der Waals surface area contributed by atoms with Crippen molar-refractivity contribution in [2.75, 3.05) is 16.8 Å². The first-order chi connectivity index (χ1) is 18.5. The van der Waals surface area contributed by atoms with Crippen molar-refractivity contribution in [2.24, 2.45) is 0 Å². The Balaban J connectivity index is 0.00000277. The predicted molar refractivity (Wildman–Crippen MR) is 156 cm³/mol. The van der Waals surface area contributed by atoms with Gasteiger partial charge in [-0.25, -0.2) is 15.0 Å². The van der Waals surface area contributed by atoms with Crippen LogP contribution in [0.3, 0.4) is 0 Å². The fourth-order valence-corrected chi connectivity index (χ4v) is 7.46. The zero-order chi connectivity index (χ0) is 25.9. The fourth-order valence-electron chi connectivity index (χ4n) is 5.29. The Labute approximate surface area is 243 Å². The SMILES string of the molecule is CN1[CH-]N(c2[c-]c([Si](C)(C)c3[c-]c4c(cc3)c3ccccc3n4-c3ccccn3)ccc2)c2nccnc21.[Pt]. The molecule has 0 saturated heterocycles. The molecule has 0 atom stereocenters. The zero-order valence-electron chi connectivity index (χ0n) is 21.7. The molecule has 0 aliphatic carbocycles. The molecule has 0 radical (unpaired) electrons. The minimum atomic E-state index is -2.17. The number of hydrogen-bond donors (Lipinski definition) is 0. The largest absolute Gasteiger partial charge is 0.487 e. The Morgan fingerprint density at radius 1 is 0.718 bits per heavy atom. The van der Waals surface area contributed by atoms with Crippen LogP contribution in [0.25, 0.3) is 27.6 Å². The summed E-state index contributed by atoms with van der Waals surface area (Å²) in [5.41, 5.74) is 3.15. The molecule has 6 aromatic rings. The quantitative estimate of drug-likeness (QED) is 0.189. The van der Waals surface area contributed by atoms with Crippen molar-refractivity contribution in [3.05, 3.63) is 110 Å². The van der Waals surface area contributed by atoms with Crippen molar-refractivity contribution in [1.29, 1.82) is 0 Å². The van der Waals surface area contributed by atoms with E-state index in [9.17, 15) is 0 Å². The van der Waals surface area contributed by atoms with Gasteiger partial charge in [-0.2, -0.15) is 52.8 Å². The molecule has 0 spiro atoms. The number of pyridine rings is 1. The van der Waals surface area contributed by atoms with Gasteiger partial charge in [0.1, 0.15) is 17.5 Å². The second-order valence-corrected chi connectivity index (χ2v) is 14.4. The van der Waals surface area contributed by atoms with E-state index in [0.717, 1.165) is 34.2 Å². The standard InChI is InChI=1S/C31H25N6Si.Pt/c1-35-21-36(31-30(35)33-17-18-34-31)22-9-8-10-23(19-22)38(2,3)24-14-15-26-25-11-4-5-12-27(25)37(28(26)20-24)29-13-6-7-16-32-29;/h4-18,21H,1-3H3;/q-3;. The maximum atomic E-state index is 4.68. The van der Waals surface area contributed by atoms with Crippen LogP contribution in [0.1, 0.15) is 0 Å². The molecule has 0 amide bonds. The molecule has 1 aliphatic heterocycles. The molecule has 0 unspecified atom stereocenters. The van der Waals surface area contributed by atoms with Gasteiger partial charge in [0.15, 0.2) is 0 Å². The molecule has 8 heteroatoms. The summed E-state index contributed by atoms with van der Waals surface area (Å²) in [5, 5.41) is 4.82. The van der Waals surface area contributed by atoms with Crippen LogP contribution in [-0.4, -0.2) is 34.6 Å². The summed E-state index contributed by atoms with van der Waals surface area (Å²) in [6.45, 7) is 6.74. The van der Waals surface area contributed by atoms with E-state index in [1.165, 1.54) is 21.1 Å². The van der Waals surface area contributed by atoms with E-state index in [-0.39, 0.29) is 21.1 Å². The Kier molecular flexibility index (Phi) is 6.36. The van der Waals surface area contributed by atoms with Gasteiger partial charge in [0.25, 0.3) is 0 Å². The summed E-state index contributed by atoms with van der Waals surface area (Å²) >= 11 is 0. The van der Waals surface area contributed by atoms with E-state index >= 15 is 0 Å². The van der Waals surface area contributed by atoms with Crippen molar-refractivity contribution in [3.8, 4) is 5.82 Å². The Bertz CT molecular complexity index is 1820. The van der Waals surface area contributed by atoms with Gasteiger partial charge < -0.3 is 14.4 Å². The third-order valence-corrected chi connectivity index (χ3v) is 10.6. The van der Waals surface area contributed by atoms with Gasteiger partial charge in [0.05, 0.1) is 8.07 Å². The van der Waals surface area contributed by atoms with Gasteiger partial charge >= 0.3 is 0 Å². The molecule has 39 heavy (non-hydrogen) atoms. The van der Waals surface area contributed by atoms with E-state index in [0.29, 0.717) is 0 Å². The molecule has 0 fully saturated rings. The molecule has 7 rings (SSSR count). The van der Waals surface area contributed by atoms with Gasteiger partial charge in [0, 0.05) is 45.2 Å². The molecule has 4 heterocycles. The van der Waals surface area contributed by atoms with E-state index in [2.05, 4.69) is 110 Å². The number of rotatable bonds is 4. The third kappa shape index (κ3) is 4.08. The van der Waals surface area contributed by atoms with Gasteiger partial charge in [-0.15, -0.1) is 17.7 Å². The number of anilines is 3. The third-order valence-electron chi connectivity index (χ3n) is 7.36. The number of nitrogens with zero attached hydrogens (tertiary/aromatic N) is 6. The number of hydrogen-bond acceptors (Lipinski definition) is 5. The molecule has 6 nitrogen and oxygen atoms in total. The maximum Gasteiger partial charge on any atom is 0.143 e. The average Bonchev–Trinajstić information content (AvgIpc) is 3.48. The second kappa shape index (κ2) is 9.74. The molecule has 0 bridgehead atoms. The molecular weight excluding hydrogens is 680 g/mol. The van der Waals surface area contributed by atoms with Crippen molar-refractivity contribution in [1.82, 2.24) is 19.5 Å². The normalized spacial score (nSPS) is 13.1. The smallest absolute Gasteiger partial charge is 0.143 e. The summed E-state index contributed by atoms with van der Waals surface area (Å²) < 4.78 is 2.23. The van der Waals surface area contributed by atoms with Gasteiger partial charge in [-0.3, -0.25) is 0 Å². The second-order valence-electron chi connectivity index (χ2n) is 10.0. The number of aromatic nitrogens is 4. The molecular formula is C31H25N6PtSi-3. The van der Waals surface area contributed by atoms with Crippen LogP contribution in [0.15, 0.2) is 91.4 Å². The average molecular weight is 705 g/mol. The van der Waals surface area contributed by atoms with Crippen LogP contribution < -0.4 is 20.2 Å². The van der Waals surface area contributed by atoms with Crippen molar-refractivity contribution < 1.29 is 21.1 Å². The zero-order valence-corrected chi connectivity index (χ0v) is 25.0. The number of para-hydroxylation sites is 1. The summed E-state index contributed by atoms with van der Waals surface area (Å²) in [5.74, 6) is 2.55. The van der Waals surface area contributed by atoms with Crippen molar-refractivity contribution in [3.63, 3.8) is 0 Å². The molecule has 3 aromatic heterocycles. The van der Waals surface area contributed by atoms with Crippen molar-refractivity contribution >= 4 is 57.6 Å².